The maximum atomic E-state index is 8.76. The topological polar surface area (TPSA) is 20.2 Å². The Kier molecular flexibility index (Phi) is 1.85. The first-order chi connectivity index (χ1) is 4.27. The summed E-state index contributed by atoms with van der Waals surface area (Å²) in [5, 5.41) is 8.76. The van der Waals surface area contributed by atoms with Gasteiger partial charge in [-0.25, -0.2) is 0 Å². The Hall–Kier alpha value is -0.0400. The standard InChI is InChI=1S/C7H14O/c8-6-7-4-2-1-3-5-7/h7-8H,1-6H2/i7D. The molecule has 0 atom stereocenters. The summed E-state index contributed by atoms with van der Waals surface area (Å²) in [5.74, 6) is -0.474. The van der Waals surface area contributed by atoms with E-state index in [1.165, 1.54) is 6.42 Å². The summed E-state index contributed by atoms with van der Waals surface area (Å²) >= 11 is 0. The number of aliphatic hydroxyl groups is 1. The van der Waals surface area contributed by atoms with Crippen molar-refractivity contribution in [2.24, 2.45) is 5.89 Å². The van der Waals surface area contributed by atoms with Crippen molar-refractivity contribution < 1.29 is 6.48 Å². The average Bonchev–Trinajstić information content (AvgIpc) is 1.90. The van der Waals surface area contributed by atoms with Gasteiger partial charge < -0.3 is 5.11 Å². The predicted molar refractivity (Wildman–Crippen MR) is 33.7 cm³/mol. The minimum Gasteiger partial charge on any atom is -0.396 e. The van der Waals surface area contributed by atoms with E-state index in [-0.39, 0.29) is 6.61 Å². The molecule has 0 saturated heterocycles. The monoisotopic (exact) mass is 115 g/mol. The second-order valence-electron chi connectivity index (χ2n) is 2.47. The van der Waals surface area contributed by atoms with E-state index in [0.29, 0.717) is 0 Å². The molecule has 1 heteroatoms. The highest BCUT2D eigenvalue weighted by Crippen LogP contribution is 2.22. The van der Waals surface area contributed by atoms with Crippen LogP contribution in [0.2, 0.25) is 0 Å². The zero-order valence-corrected chi connectivity index (χ0v) is 5.19. The normalized spacial score (nSPS) is 29.4. The highest BCUT2D eigenvalue weighted by atomic mass is 16.3. The van der Waals surface area contributed by atoms with Crippen molar-refractivity contribution in [1.29, 1.82) is 0 Å². The Balaban J connectivity index is 2.37. The fourth-order valence-corrected chi connectivity index (χ4v) is 1.21. The fourth-order valence-electron chi connectivity index (χ4n) is 1.21. The Labute approximate surface area is 52.1 Å². The molecule has 0 spiro atoms. The van der Waals surface area contributed by atoms with Crippen LogP contribution >= 0.6 is 0 Å². The summed E-state index contributed by atoms with van der Waals surface area (Å²) in [5.41, 5.74) is 0. The van der Waals surface area contributed by atoms with Crippen LogP contribution < -0.4 is 0 Å². The Bertz CT molecular complexity index is 86.9. The summed E-state index contributed by atoms with van der Waals surface area (Å²) in [6.07, 6.45) is 5.29. The smallest absolute Gasteiger partial charge is 0.0459 e. The Morgan fingerprint density at radius 3 is 2.38 bits per heavy atom. The summed E-state index contributed by atoms with van der Waals surface area (Å²) in [4.78, 5) is 0. The van der Waals surface area contributed by atoms with Crippen molar-refractivity contribution in [3.63, 3.8) is 0 Å². The summed E-state index contributed by atoms with van der Waals surface area (Å²) in [6, 6.07) is 0. The van der Waals surface area contributed by atoms with E-state index in [1.807, 2.05) is 0 Å². The van der Waals surface area contributed by atoms with Crippen LogP contribution in [0.3, 0.4) is 0 Å². The average molecular weight is 115 g/mol. The van der Waals surface area contributed by atoms with Crippen molar-refractivity contribution in [3.05, 3.63) is 0 Å². The third-order valence-electron chi connectivity index (χ3n) is 1.78. The molecule has 0 aromatic heterocycles. The first-order valence-electron chi connectivity index (χ1n) is 3.88. The molecule has 0 aromatic carbocycles. The van der Waals surface area contributed by atoms with E-state index >= 15 is 0 Å². The molecule has 0 aliphatic heterocycles. The van der Waals surface area contributed by atoms with Gasteiger partial charge in [0.05, 0.1) is 0 Å². The highest BCUT2D eigenvalue weighted by Gasteiger charge is 2.10. The maximum absolute atomic E-state index is 8.76. The molecule has 0 heterocycles. The maximum Gasteiger partial charge on any atom is 0.0459 e. The third-order valence-corrected chi connectivity index (χ3v) is 1.78. The molecule has 0 bridgehead atoms. The first-order valence-corrected chi connectivity index (χ1v) is 3.38. The number of hydrogen-bond donors (Lipinski definition) is 1. The van der Waals surface area contributed by atoms with E-state index < -0.39 is 5.89 Å². The summed E-state index contributed by atoms with van der Waals surface area (Å²) < 4.78 is 7.62. The van der Waals surface area contributed by atoms with E-state index in [4.69, 9.17) is 6.48 Å². The Morgan fingerprint density at radius 1 is 1.38 bits per heavy atom. The van der Waals surface area contributed by atoms with Crippen molar-refractivity contribution >= 4 is 0 Å². The van der Waals surface area contributed by atoms with Crippen LogP contribution in [-0.4, -0.2) is 11.7 Å². The van der Waals surface area contributed by atoms with Gasteiger partial charge in [0.2, 0.25) is 0 Å². The highest BCUT2D eigenvalue weighted by molar-refractivity contribution is 4.63. The molecule has 1 aliphatic carbocycles. The molecular formula is C7H14O. The van der Waals surface area contributed by atoms with Crippen LogP contribution in [0.1, 0.15) is 33.5 Å². The largest absolute Gasteiger partial charge is 0.396 e. The molecule has 0 amide bonds. The lowest BCUT2D eigenvalue weighted by Crippen LogP contribution is -2.09. The molecule has 1 fully saturated rings. The molecule has 0 aromatic rings. The van der Waals surface area contributed by atoms with Gasteiger partial charge >= 0.3 is 0 Å². The van der Waals surface area contributed by atoms with Gasteiger partial charge in [-0.15, -0.1) is 0 Å². The van der Waals surface area contributed by atoms with Gasteiger partial charge in [0.25, 0.3) is 0 Å². The minimum absolute atomic E-state index is 0.0486. The van der Waals surface area contributed by atoms with Crippen LogP contribution in [0, 0.1) is 5.89 Å². The SMILES string of the molecule is [2H]C1(CO)CCCCC1. The van der Waals surface area contributed by atoms with Gasteiger partial charge in [-0.05, 0) is 18.7 Å². The number of rotatable bonds is 1. The van der Waals surface area contributed by atoms with E-state index in [2.05, 4.69) is 0 Å². The van der Waals surface area contributed by atoms with Crippen molar-refractivity contribution in [2.75, 3.05) is 6.61 Å². The van der Waals surface area contributed by atoms with Crippen molar-refractivity contribution in [2.45, 2.75) is 32.1 Å². The van der Waals surface area contributed by atoms with Gasteiger partial charge in [-0.2, -0.15) is 0 Å². The van der Waals surface area contributed by atoms with Crippen molar-refractivity contribution in [3.8, 4) is 0 Å². The Morgan fingerprint density at radius 2 is 2.00 bits per heavy atom. The summed E-state index contributed by atoms with van der Waals surface area (Å²) in [6.45, 7) is 0.0486. The van der Waals surface area contributed by atoms with Crippen LogP contribution in [-0.2, 0) is 0 Å². The lowest BCUT2D eigenvalue weighted by molar-refractivity contribution is 0.190. The predicted octanol–water partition coefficient (Wildman–Crippen LogP) is 1.56. The minimum atomic E-state index is -0.474. The van der Waals surface area contributed by atoms with Gasteiger partial charge in [0, 0.05) is 7.98 Å². The van der Waals surface area contributed by atoms with E-state index in [9.17, 15) is 0 Å². The van der Waals surface area contributed by atoms with Crippen LogP contribution in [0.4, 0.5) is 0 Å². The lowest BCUT2D eigenvalue weighted by atomic mass is 9.90. The van der Waals surface area contributed by atoms with Gasteiger partial charge in [-0.1, -0.05) is 19.3 Å². The van der Waals surface area contributed by atoms with Crippen LogP contribution in [0.15, 0.2) is 0 Å². The van der Waals surface area contributed by atoms with Gasteiger partial charge in [0.15, 0.2) is 0 Å². The molecule has 8 heavy (non-hydrogen) atoms. The third kappa shape index (κ3) is 1.48. The quantitative estimate of drug-likeness (QED) is 0.550. The van der Waals surface area contributed by atoms with E-state index in [0.717, 1.165) is 25.7 Å². The molecule has 1 rings (SSSR count). The van der Waals surface area contributed by atoms with Crippen LogP contribution in [0.5, 0.6) is 0 Å². The molecule has 48 valence electrons. The zero-order chi connectivity index (χ0) is 6.74. The molecule has 1 saturated carbocycles. The number of aliphatic hydroxyl groups excluding tert-OH is 1. The molecule has 1 aliphatic rings. The van der Waals surface area contributed by atoms with Crippen LogP contribution in [0.25, 0.3) is 0 Å². The molecular weight excluding hydrogens is 100 g/mol. The fraction of sp³-hybridized carbons (Fsp3) is 1.00. The van der Waals surface area contributed by atoms with Crippen molar-refractivity contribution in [1.82, 2.24) is 0 Å². The molecule has 1 N–H and O–H groups in total. The second-order valence-corrected chi connectivity index (χ2v) is 2.47. The molecule has 0 unspecified atom stereocenters. The molecule has 0 radical (unpaired) electrons. The molecule has 1 nitrogen and oxygen atoms in total. The van der Waals surface area contributed by atoms with E-state index in [1.54, 1.807) is 0 Å². The lowest BCUT2D eigenvalue weighted by Gasteiger charge is -2.18. The number of hydrogen-bond acceptors (Lipinski definition) is 1. The first kappa shape index (κ1) is 4.80. The summed E-state index contributed by atoms with van der Waals surface area (Å²) in [7, 11) is 0. The van der Waals surface area contributed by atoms with Gasteiger partial charge in [-0.3, -0.25) is 0 Å². The zero-order valence-electron chi connectivity index (χ0n) is 6.19. The van der Waals surface area contributed by atoms with Gasteiger partial charge in [0.1, 0.15) is 0 Å². The second kappa shape index (κ2) is 3.08.